The Morgan fingerprint density at radius 1 is 1.50 bits per heavy atom. The summed E-state index contributed by atoms with van der Waals surface area (Å²) in [4.78, 5) is 7.11. The number of nitrogens with zero attached hydrogens (tertiary/aromatic N) is 1. The molecule has 0 saturated heterocycles. The maximum Gasteiger partial charge on any atom is 0.200 e. The van der Waals surface area contributed by atoms with Gasteiger partial charge in [0.2, 0.25) is 5.28 Å². The number of H-pyrrole nitrogens is 1. The summed E-state index contributed by atoms with van der Waals surface area (Å²) in [5.41, 5.74) is 2.25. The molecule has 10 heavy (non-hydrogen) atoms. The number of fused-ring (bicyclic) bond motifs is 1. The first-order chi connectivity index (χ1) is 4.86. The van der Waals surface area contributed by atoms with E-state index in [0.29, 0.717) is 5.28 Å². The van der Waals surface area contributed by atoms with Crippen molar-refractivity contribution >= 4 is 11.6 Å². The van der Waals surface area contributed by atoms with Crippen molar-refractivity contribution in [3.63, 3.8) is 0 Å². The van der Waals surface area contributed by atoms with E-state index < -0.39 is 0 Å². The molecule has 1 aromatic heterocycles. The Hall–Kier alpha value is -0.540. The van der Waals surface area contributed by atoms with Gasteiger partial charge in [-0.25, -0.2) is 4.98 Å². The van der Waals surface area contributed by atoms with Gasteiger partial charge in [-0.2, -0.15) is 0 Å². The second kappa shape index (κ2) is 2.25. The van der Waals surface area contributed by atoms with Crippen molar-refractivity contribution in [3.8, 4) is 0 Å². The molecule has 1 aliphatic heterocycles. The van der Waals surface area contributed by atoms with Crippen LogP contribution in [0.1, 0.15) is 11.4 Å². The van der Waals surface area contributed by atoms with Crippen molar-refractivity contribution in [2.75, 3.05) is 6.54 Å². The number of aromatic nitrogens is 2. The molecular weight excluding hydrogens is 150 g/mol. The zero-order chi connectivity index (χ0) is 6.97. The minimum absolute atomic E-state index is 0.508. The van der Waals surface area contributed by atoms with Gasteiger partial charge in [0.1, 0.15) is 0 Å². The highest BCUT2D eigenvalue weighted by molar-refractivity contribution is 6.28. The third kappa shape index (κ3) is 0.914. The molecule has 0 saturated carbocycles. The number of nitrogens with one attached hydrogen (secondary N) is 2. The first kappa shape index (κ1) is 6.19. The molecule has 2 heterocycles. The molecule has 0 amide bonds. The van der Waals surface area contributed by atoms with Crippen molar-refractivity contribution in [2.24, 2.45) is 0 Å². The van der Waals surface area contributed by atoms with E-state index in [1.807, 2.05) is 0 Å². The molecular formula is C6H8ClN3. The van der Waals surface area contributed by atoms with E-state index in [2.05, 4.69) is 15.3 Å². The Morgan fingerprint density at radius 3 is 3.20 bits per heavy atom. The minimum atomic E-state index is 0.508. The molecule has 0 bridgehead atoms. The molecule has 2 rings (SSSR count). The third-order valence-electron chi connectivity index (χ3n) is 1.68. The zero-order valence-corrected chi connectivity index (χ0v) is 6.20. The van der Waals surface area contributed by atoms with E-state index in [-0.39, 0.29) is 0 Å². The summed E-state index contributed by atoms with van der Waals surface area (Å²) in [5.74, 6) is 0. The van der Waals surface area contributed by atoms with Gasteiger partial charge in [0.25, 0.3) is 0 Å². The van der Waals surface area contributed by atoms with Crippen LogP contribution in [0.4, 0.5) is 0 Å². The lowest BCUT2D eigenvalue weighted by Gasteiger charge is -2.09. The Bertz CT molecular complexity index is 220. The van der Waals surface area contributed by atoms with Crippen LogP contribution in [0, 0.1) is 0 Å². The topological polar surface area (TPSA) is 40.7 Å². The monoisotopic (exact) mass is 157 g/mol. The molecule has 0 aromatic carbocycles. The molecule has 0 fully saturated rings. The largest absolute Gasteiger partial charge is 0.331 e. The summed E-state index contributed by atoms with van der Waals surface area (Å²) in [6, 6.07) is 0. The number of hydrogen-bond acceptors (Lipinski definition) is 2. The smallest absolute Gasteiger partial charge is 0.200 e. The number of imidazole rings is 1. The quantitative estimate of drug-likeness (QED) is 0.583. The van der Waals surface area contributed by atoms with E-state index in [1.165, 1.54) is 0 Å². The van der Waals surface area contributed by atoms with Crippen LogP contribution in [0.3, 0.4) is 0 Å². The van der Waals surface area contributed by atoms with Gasteiger partial charge in [-0.3, -0.25) is 0 Å². The van der Waals surface area contributed by atoms with Crippen LogP contribution in [-0.2, 0) is 13.0 Å². The fourth-order valence-electron chi connectivity index (χ4n) is 1.18. The van der Waals surface area contributed by atoms with Gasteiger partial charge in [-0.15, -0.1) is 0 Å². The standard InChI is InChI=1S/C6H8ClN3/c7-6-9-4-1-2-8-3-5(4)10-6/h8H,1-3H2,(H,9,10). The maximum atomic E-state index is 5.66. The van der Waals surface area contributed by atoms with Gasteiger partial charge in [-0.05, 0) is 11.6 Å². The highest BCUT2D eigenvalue weighted by Crippen LogP contribution is 2.12. The third-order valence-corrected chi connectivity index (χ3v) is 1.85. The van der Waals surface area contributed by atoms with Gasteiger partial charge in [0, 0.05) is 19.5 Å². The zero-order valence-electron chi connectivity index (χ0n) is 5.45. The van der Waals surface area contributed by atoms with Crippen LogP contribution < -0.4 is 5.32 Å². The van der Waals surface area contributed by atoms with E-state index in [0.717, 1.165) is 30.9 Å². The number of halogens is 1. The average molecular weight is 158 g/mol. The van der Waals surface area contributed by atoms with Crippen LogP contribution in [0.25, 0.3) is 0 Å². The second-order valence-corrected chi connectivity index (χ2v) is 2.74. The van der Waals surface area contributed by atoms with Crippen molar-refractivity contribution in [1.29, 1.82) is 0 Å². The van der Waals surface area contributed by atoms with Crippen molar-refractivity contribution < 1.29 is 0 Å². The lowest BCUT2D eigenvalue weighted by atomic mass is 10.2. The van der Waals surface area contributed by atoms with Crippen molar-refractivity contribution in [3.05, 3.63) is 16.7 Å². The molecule has 2 N–H and O–H groups in total. The predicted octanol–water partition coefficient (Wildman–Crippen LogP) is 0.709. The normalized spacial score (nSPS) is 16.9. The summed E-state index contributed by atoms with van der Waals surface area (Å²) in [7, 11) is 0. The summed E-state index contributed by atoms with van der Waals surface area (Å²) >= 11 is 5.66. The van der Waals surface area contributed by atoms with Crippen molar-refractivity contribution in [2.45, 2.75) is 13.0 Å². The van der Waals surface area contributed by atoms with Crippen LogP contribution >= 0.6 is 11.6 Å². The highest BCUT2D eigenvalue weighted by atomic mass is 35.5. The molecule has 1 aromatic rings. The summed E-state index contributed by atoms with van der Waals surface area (Å²) in [6.45, 7) is 1.88. The van der Waals surface area contributed by atoms with Gasteiger partial charge >= 0.3 is 0 Å². The minimum Gasteiger partial charge on any atom is -0.331 e. The Kier molecular flexibility index (Phi) is 1.39. The molecule has 0 unspecified atom stereocenters. The number of aromatic amines is 1. The molecule has 0 aliphatic carbocycles. The van der Waals surface area contributed by atoms with Gasteiger partial charge < -0.3 is 10.3 Å². The maximum absolute atomic E-state index is 5.66. The SMILES string of the molecule is Clc1nc2c([nH]1)CNCC2. The van der Waals surface area contributed by atoms with E-state index in [4.69, 9.17) is 11.6 Å². The number of hydrogen-bond donors (Lipinski definition) is 2. The van der Waals surface area contributed by atoms with Gasteiger partial charge in [0.15, 0.2) is 0 Å². The fraction of sp³-hybridized carbons (Fsp3) is 0.500. The Morgan fingerprint density at radius 2 is 2.40 bits per heavy atom. The Labute approximate surface area is 63.8 Å². The van der Waals surface area contributed by atoms with Crippen molar-refractivity contribution in [1.82, 2.24) is 15.3 Å². The van der Waals surface area contributed by atoms with E-state index in [1.54, 1.807) is 0 Å². The molecule has 54 valence electrons. The van der Waals surface area contributed by atoms with Crippen LogP contribution in [-0.4, -0.2) is 16.5 Å². The summed E-state index contributed by atoms with van der Waals surface area (Å²) in [5, 5.41) is 3.73. The van der Waals surface area contributed by atoms with Crippen LogP contribution in [0.15, 0.2) is 0 Å². The van der Waals surface area contributed by atoms with E-state index >= 15 is 0 Å². The van der Waals surface area contributed by atoms with Gasteiger partial charge in [0.05, 0.1) is 11.4 Å². The van der Waals surface area contributed by atoms with Gasteiger partial charge in [-0.1, -0.05) is 0 Å². The lowest BCUT2D eigenvalue weighted by Crippen LogP contribution is -2.23. The Balaban J connectivity index is 2.41. The van der Waals surface area contributed by atoms with Crippen LogP contribution in [0.5, 0.6) is 0 Å². The number of rotatable bonds is 0. The molecule has 0 radical (unpaired) electrons. The second-order valence-electron chi connectivity index (χ2n) is 2.38. The molecule has 0 atom stereocenters. The highest BCUT2D eigenvalue weighted by Gasteiger charge is 2.11. The van der Waals surface area contributed by atoms with Crippen LogP contribution in [0.2, 0.25) is 5.28 Å². The lowest BCUT2D eigenvalue weighted by molar-refractivity contribution is 0.627. The first-order valence-electron chi connectivity index (χ1n) is 3.30. The average Bonchev–Trinajstić information content (AvgIpc) is 2.27. The fourth-order valence-corrected chi connectivity index (χ4v) is 1.40. The summed E-state index contributed by atoms with van der Waals surface area (Å²) < 4.78 is 0. The molecule has 1 aliphatic rings. The molecule has 3 nitrogen and oxygen atoms in total. The summed E-state index contributed by atoms with van der Waals surface area (Å²) in [6.07, 6.45) is 0.985. The molecule has 4 heteroatoms. The molecule has 0 spiro atoms. The van der Waals surface area contributed by atoms with E-state index in [9.17, 15) is 0 Å². The predicted molar refractivity (Wildman–Crippen MR) is 39.0 cm³/mol. The first-order valence-corrected chi connectivity index (χ1v) is 3.68.